The fraction of sp³-hybridized carbons (Fsp3) is 0.185. The predicted molar refractivity (Wildman–Crippen MR) is 116 cm³/mol. The summed E-state index contributed by atoms with van der Waals surface area (Å²) in [4.78, 5) is 0. The number of ether oxygens (including phenoxy) is 1. The fourth-order valence-corrected chi connectivity index (χ4v) is 5.21. The maximum Gasteiger partial charge on any atom is 0.119 e. The van der Waals surface area contributed by atoms with Gasteiger partial charge in [-0.05, 0) is 93.1 Å². The van der Waals surface area contributed by atoms with Crippen molar-refractivity contribution in [1.29, 1.82) is 0 Å². The summed E-state index contributed by atoms with van der Waals surface area (Å²) in [5.74, 6) is 0.956. The minimum Gasteiger partial charge on any atom is -0.497 e. The molecule has 4 aromatic carbocycles. The second kappa shape index (κ2) is 5.97. The molecule has 2 aliphatic rings. The first-order valence-corrected chi connectivity index (χ1v) is 10.2. The molecule has 0 fully saturated rings. The molecule has 6 rings (SSSR count). The van der Waals surface area contributed by atoms with Crippen LogP contribution in [0.2, 0.25) is 0 Å². The molecular formula is C27H22O. The van der Waals surface area contributed by atoms with E-state index >= 15 is 0 Å². The van der Waals surface area contributed by atoms with Crippen LogP contribution in [-0.2, 0) is 25.7 Å². The maximum atomic E-state index is 5.49. The van der Waals surface area contributed by atoms with E-state index < -0.39 is 0 Å². The largest absolute Gasteiger partial charge is 0.497 e. The first kappa shape index (κ1) is 15.9. The average molecular weight is 362 g/mol. The monoisotopic (exact) mass is 362 g/mol. The van der Waals surface area contributed by atoms with Crippen molar-refractivity contribution in [3.05, 3.63) is 89.0 Å². The van der Waals surface area contributed by atoms with Gasteiger partial charge in [-0.3, -0.25) is 0 Å². The molecule has 4 aromatic rings. The van der Waals surface area contributed by atoms with Crippen LogP contribution in [0, 0.1) is 0 Å². The van der Waals surface area contributed by atoms with Gasteiger partial charge in [0.2, 0.25) is 0 Å². The molecule has 0 heterocycles. The lowest BCUT2D eigenvalue weighted by molar-refractivity contribution is 0.414. The smallest absolute Gasteiger partial charge is 0.119 e. The van der Waals surface area contributed by atoms with Crippen LogP contribution in [0.4, 0.5) is 0 Å². The number of hydrogen-bond donors (Lipinski definition) is 0. The highest BCUT2D eigenvalue weighted by molar-refractivity contribution is 6.04. The van der Waals surface area contributed by atoms with Crippen LogP contribution in [0.15, 0.2) is 66.7 Å². The molecule has 0 bridgehead atoms. The lowest BCUT2D eigenvalue weighted by Gasteiger charge is -2.29. The van der Waals surface area contributed by atoms with Gasteiger partial charge in [-0.1, -0.05) is 54.6 Å². The Labute approximate surface area is 165 Å². The summed E-state index contributed by atoms with van der Waals surface area (Å²) in [6, 6.07) is 24.8. The van der Waals surface area contributed by atoms with E-state index in [1.54, 1.807) is 7.11 Å². The van der Waals surface area contributed by atoms with Crippen LogP contribution in [0.1, 0.15) is 22.3 Å². The van der Waals surface area contributed by atoms with Crippen LogP contribution in [0.5, 0.6) is 5.75 Å². The van der Waals surface area contributed by atoms with Crippen molar-refractivity contribution in [2.45, 2.75) is 25.7 Å². The van der Waals surface area contributed by atoms with E-state index in [1.807, 2.05) is 0 Å². The lowest BCUT2D eigenvalue weighted by Crippen LogP contribution is -2.11. The van der Waals surface area contributed by atoms with Crippen molar-refractivity contribution >= 4 is 10.8 Å². The normalized spacial score (nSPS) is 14.0. The van der Waals surface area contributed by atoms with E-state index in [0.29, 0.717) is 0 Å². The minimum absolute atomic E-state index is 0.956. The molecule has 0 saturated heterocycles. The minimum atomic E-state index is 0.956. The molecule has 0 atom stereocenters. The van der Waals surface area contributed by atoms with E-state index in [4.69, 9.17) is 4.74 Å². The summed E-state index contributed by atoms with van der Waals surface area (Å²) in [5, 5.41) is 2.72. The van der Waals surface area contributed by atoms with Gasteiger partial charge in [0.05, 0.1) is 7.11 Å². The summed E-state index contributed by atoms with van der Waals surface area (Å²) in [6.07, 6.45) is 4.43. The van der Waals surface area contributed by atoms with Crippen LogP contribution >= 0.6 is 0 Å². The molecule has 0 aromatic heterocycles. The van der Waals surface area contributed by atoms with Crippen molar-refractivity contribution in [1.82, 2.24) is 0 Å². The zero-order valence-electron chi connectivity index (χ0n) is 16.1. The number of benzene rings is 4. The molecule has 28 heavy (non-hydrogen) atoms. The van der Waals surface area contributed by atoms with Crippen LogP contribution in [0.25, 0.3) is 33.0 Å². The second-order valence-corrected chi connectivity index (χ2v) is 7.98. The van der Waals surface area contributed by atoms with E-state index in [-0.39, 0.29) is 0 Å². The number of methoxy groups -OCH3 is 1. The van der Waals surface area contributed by atoms with Gasteiger partial charge >= 0.3 is 0 Å². The first-order chi connectivity index (χ1) is 13.8. The van der Waals surface area contributed by atoms with Crippen LogP contribution in [-0.4, -0.2) is 7.11 Å². The number of aryl methyl sites for hydroxylation is 4. The number of fused-ring (bicyclic) bond motifs is 9. The average Bonchev–Trinajstić information content (AvgIpc) is 2.77. The molecule has 0 N–H and O–H groups in total. The van der Waals surface area contributed by atoms with E-state index in [0.717, 1.165) is 31.4 Å². The third-order valence-electron chi connectivity index (χ3n) is 6.55. The Hall–Kier alpha value is -3.06. The molecule has 0 amide bonds. The predicted octanol–water partition coefficient (Wildman–Crippen LogP) is 6.38. The molecule has 0 spiro atoms. The summed E-state index contributed by atoms with van der Waals surface area (Å²) < 4.78 is 5.49. The van der Waals surface area contributed by atoms with Crippen molar-refractivity contribution in [3.8, 4) is 28.0 Å². The topological polar surface area (TPSA) is 9.23 Å². The SMILES string of the molecule is COc1ccc2c(c1)CCc1ccc3c(c1-2)-c1c(ccc2ccccc12)CC3. The standard InChI is InChI=1S/C27H22O/c1-28-22-14-15-24-21(16-22)13-12-19-9-11-20-10-8-18-7-6-17-4-2-3-5-23(17)25(18)27(20)26(19)24/h2-7,9,11,14-16H,8,10,12-13H2,1H3. The summed E-state index contributed by atoms with van der Waals surface area (Å²) in [6.45, 7) is 0. The highest BCUT2D eigenvalue weighted by Gasteiger charge is 2.27. The van der Waals surface area contributed by atoms with Gasteiger partial charge in [-0.15, -0.1) is 0 Å². The highest BCUT2D eigenvalue weighted by atomic mass is 16.5. The fourth-order valence-electron chi connectivity index (χ4n) is 5.21. The van der Waals surface area contributed by atoms with E-state index in [2.05, 4.69) is 66.7 Å². The molecule has 0 unspecified atom stereocenters. The van der Waals surface area contributed by atoms with Crippen molar-refractivity contribution in [3.63, 3.8) is 0 Å². The Morgan fingerprint density at radius 3 is 2.11 bits per heavy atom. The van der Waals surface area contributed by atoms with Gasteiger partial charge in [0.1, 0.15) is 5.75 Å². The third kappa shape index (κ3) is 2.19. The summed E-state index contributed by atoms with van der Waals surface area (Å²) >= 11 is 0. The molecular weight excluding hydrogens is 340 g/mol. The molecule has 0 saturated carbocycles. The Morgan fingerprint density at radius 1 is 0.607 bits per heavy atom. The van der Waals surface area contributed by atoms with Crippen molar-refractivity contribution in [2.24, 2.45) is 0 Å². The number of hydrogen-bond acceptors (Lipinski definition) is 1. The van der Waals surface area contributed by atoms with Gasteiger partial charge in [-0.25, -0.2) is 0 Å². The van der Waals surface area contributed by atoms with Crippen molar-refractivity contribution < 1.29 is 4.74 Å². The van der Waals surface area contributed by atoms with Gasteiger partial charge < -0.3 is 4.74 Å². The lowest BCUT2D eigenvalue weighted by atomic mass is 9.74. The zero-order valence-corrected chi connectivity index (χ0v) is 16.1. The second-order valence-electron chi connectivity index (χ2n) is 7.98. The highest BCUT2D eigenvalue weighted by Crippen LogP contribution is 2.48. The molecule has 1 heteroatoms. The van der Waals surface area contributed by atoms with E-state index in [1.165, 1.54) is 55.3 Å². The zero-order chi connectivity index (χ0) is 18.7. The molecule has 136 valence electrons. The van der Waals surface area contributed by atoms with Crippen molar-refractivity contribution in [2.75, 3.05) is 7.11 Å². The summed E-state index contributed by atoms with van der Waals surface area (Å²) in [7, 11) is 1.75. The number of rotatable bonds is 1. The van der Waals surface area contributed by atoms with Gasteiger partial charge in [-0.2, -0.15) is 0 Å². The van der Waals surface area contributed by atoms with Crippen LogP contribution in [0.3, 0.4) is 0 Å². The molecule has 0 aliphatic heterocycles. The van der Waals surface area contributed by atoms with E-state index in [9.17, 15) is 0 Å². The maximum absolute atomic E-state index is 5.49. The molecule has 2 aliphatic carbocycles. The Morgan fingerprint density at radius 2 is 1.29 bits per heavy atom. The van der Waals surface area contributed by atoms with Gasteiger partial charge in [0.25, 0.3) is 0 Å². The van der Waals surface area contributed by atoms with Gasteiger partial charge in [0, 0.05) is 0 Å². The third-order valence-corrected chi connectivity index (χ3v) is 6.55. The molecule has 0 radical (unpaired) electrons. The Bertz CT molecular complexity index is 1250. The van der Waals surface area contributed by atoms with Gasteiger partial charge in [0.15, 0.2) is 0 Å². The Kier molecular flexibility index (Phi) is 3.40. The quantitative estimate of drug-likeness (QED) is 0.382. The molecule has 1 nitrogen and oxygen atoms in total. The first-order valence-electron chi connectivity index (χ1n) is 10.2. The van der Waals surface area contributed by atoms with Crippen LogP contribution < -0.4 is 4.74 Å². The summed E-state index contributed by atoms with van der Waals surface area (Å²) in [5.41, 5.74) is 11.6. The Balaban J connectivity index is 1.72.